The van der Waals surface area contributed by atoms with E-state index in [9.17, 15) is 0 Å². The van der Waals surface area contributed by atoms with Crippen molar-refractivity contribution in [3.8, 4) is 0 Å². The van der Waals surface area contributed by atoms with Gasteiger partial charge in [-0.3, -0.25) is 0 Å². The molecule has 0 bridgehead atoms. The fraction of sp³-hybridized carbons (Fsp3) is 0.385. The lowest BCUT2D eigenvalue weighted by Gasteiger charge is -2.31. The van der Waals surface area contributed by atoms with Gasteiger partial charge >= 0.3 is 0 Å². The molecule has 3 rings (SSSR count). The van der Waals surface area contributed by atoms with Crippen LogP contribution in [0.3, 0.4) is 0 Å². The van der Waals surface area contributed by atoms with Crippen molar-refractivity contribution in [1.82, 2.24) is 5.32 Å². The summed E-state index contributed by atoms with van der Waals surface area (Å²) < 4.78 is 5.55. The van der Waals surface area contributed by atoms with Gasteiger partial charge in [0.15, 0.2) is 0 Å². The minimum atomic E-state index is 0.777. The Morgan fingerprint density at radius 1 is 1.38 bits per heavy atom. The van der Waals surface area contributed by atoms with Crippen molar-refractivity contribution >= 4 is 16.7 Å². The maximum absolute atomic E-state index is 5.55. The molecule has 0 spiro atoms. The zero-order chi connectivity index (χ0) is 11.0. The van der Waals surface area contributed by atoms with Gasteiger partial charge in [-0.15, -0.1) is 0 Å². The maximum Gasteiger partial charge on any atom is 0.136 e. The normalized spacial score (nSPS) is 16.3. The molecule has 0 aliphatic carbocycles. The molecule has 1 N–H and O–H groups in total. The lowest BCUT2D eigenvalue weighted by molar-refractivity contribution is 0.353. The molecule has 2 heterocycles. The summed E-state index contributed by atoms with van der Waals surface area (Å²) in [5.74, 6) is 0.777. The van der Waals surface area contributed by atoms with Crippen LogP contribution in [0.4, 0.5) is 5.69 Å². The van der Waals surface area contributed by atoms with Crippen LogP contribution in [0.15, 0.2) is 34.9 Å². The van der Waals surface area contributed by atoms with E-state index in [0.717, 1.165) is 31.1 Å². The quantitative estimate of drug-likeness (QED) is 0.851. The van der Waals surface area contributed by atoms with Crippen LogP contribution in [0.1, 0.15) is 0 Å². The van der Waals surface area contributed by atoms with Gasteiger partial charge in [-0.05, 0) is 12.1 Å². The molecule has 1 aromatic heterocycles. The summed E-state index contributed by atoms with van der Waals surface area (Å²) in [5, 5.41) is 4.50. The van der Waals surface area contributed by atoms with E-state index in [1.807, 2.05) is 18.4 Å². The molecule has 16 heavy (non-hydrogen) atoms. The Balaban J connectivity index is 1.86. The van der Waals surface area contributed by atoms with E-state index in [1.54, 1.807) is 0 Å². The molecule has 0 radical (unpaired) electrons. The number of nitrogens with one attached hydrogen (secondary N) is 1. The van der Waals surface area contributed by atoms with Gasteiger partial charge in [-0.25, -0.2) is 0 Å². The Morgan fingerprint density at radius 2 is 2.19 bits per heavy atom. The Bertz CT molecular complexity index is 487. The third-order valence-electron chi connectivity index (χ3n) is 3.27. The molecule has 3 heteroatoms. The van der Waals surface area contributed by atoms with E-state index in [0.29, 0.717) is 0 Å². The summed E-state index contributed by atoms with van der Waals surface area (Å²) in [7, 11) is 2.13. The third kappa shape index (κ3) is 1.57. The molecular formula is C13H16N2O. The first-order chi connectivity index (χ1) is 7.84. The standard InChI is InChI=1S/C13H16N2O/c1-15(8-10-6-14-7-10)12-9-16-13-5-3-2-4-11(12)13/h2-5,9-10,14H,6-8H2,1H3. The molecule has 0 amide bonds. The second-order valence-electron chi connectivity index (χ2n) is 4.52. The monoisotopic (exact) mass is 216 g/mol. The van der Waals surface area contributed by atoms with E-state index >= 15 is 0 Å². The van der Waals surface area contributed by atoms with Crippen molar-refractivity contribution in [3.63, 3.8) is 0 Å². The highest BCUT2D eigenvalue weighted by molar-refractivity contribution is 5.90. The molecule has 2 aromatic rings. The molecule has 1 saturated heterocycles. The lowest BCUT2D eigenvalue weighted by atomic mass is 10.0. The number of hydrogen-bond donors (Lipinski definition) is 1. The average Bonchev–Trinajstić information content (AvgIpc) is 2.67. The highest BCUT2D eigenvalue weighted by Crippen LogP contribution is 2.28. The minimum Gasteiger partial charge on any atom is -0.462 e. The number of para-hydroxylation sites is 1. The van der Waals surface area contributed by atoms with Crippen LogP contribution in [0.5, 0.6) is 0 Å². The first-order valence-electron chi connectivity index (χ1n) is 5.72. The molecule has 0 atom stereocenters. The summed E-state index contributed by atoms with van der Waals surface area (Å²) in [4.78, 5) is 2.29. The molecule has 1 fully saturated rings. The summed E-state index contributed by atoms with van der Waals surface area (Å²) >= 11 is 0. The second-order valence-corrected chi connectivity index (χ2v) is 4.52. The van der Waals surface area contributed by atoms with Gasteiger partial charge in [0.25, 0.3) is 0 Å². The van der Waals surface area contributed by atoms with Gasteiger partial charge in [-0.1, -0.05) is 12.1 Å². The molecule has 1 aliphatic heterocycles. The zero-order valence-electron chi connectivity index (χ0n) is 9.44. The first kappa shape index (κ1) is 9.73. The Kier molecular flexibility index (Phi) is 2.33. The van der Waals surface area contributed by atoms with Crippen molar-refractivity contribution in [2.24, 2.45) is 5.92 Å². The van der Waals surface area contributed by atoms with Crippen LogP contribution in [0.2, 0.25) is 0 Å². The maximum atomic E-state index is 5.55. The Labute approximate surface area is 95.0 Å². The van der Waals surface area contributed by atoms with Crippen LogP contribution < -0.4 is 10.2 Å². The van der Waals surface area contributed by atoms with Gasteiger partial charge in [-0.2, -0.15) is 0 Å². The molecule has 3 nitrogen and oxygen atoms in total. The number of furan rings is 1. The van der Waals surface area contributed by atoms with Crippen molar-refractivity contribution < 1.29 is 4.42 Å². The summed E-state index contributed by atoms with van der Waals surface area (Å²) in [6.45, 7) is 3.37. The van der Waals surface area contributed by atoms with Crippen molar-refractivity contribution in [2.45, 2.75) is 0 Å². The first-order valence-corrected chi connectivity index (χ1v) is 5.72. The highest BCUT2D eigenvalue weighted by atomic mass is 16.3. The molecule has 84 valence electrons. The largest absolute Gasteiger partial charge is 0.462 e. The van der Waals surface area contributed by atoms with Crippen LogP contribution in [-0.4, -0.2) is 26.7 Å². The average molecular weight is 216 g/mol. The highest BCUT2D eigenvalue weighted by Gasteiger charge is 2.20. The molecule has 1 aliphatic rings. The summed E-state index contributed by atoms with van der Waals surface area (Å²) in [6, 6.07) is 8.19. The summed E-state index contributed by atoms with van der Waals surface area (Å²) in [6.07, 6.45) is 1.86. The Morgan fingerprint density at radius 3 is 2.94 bits per heavy atom. The smallest absolute Gasteiger partial charge is 0.136 e. The lowest BCUT2D eigenvalue weighted by Crippen LogP contribution is -2.47. The fourth-order valence-corrected chi connectivity index (χ4v) is 2.22. The molecular weight excluding hydrogens is 200 g/mol. The van der Waals surface area contributed by atoms with Crippen LogP contribution in [-0.2, 0) is 0 Å². The molecule has 0 saturated carbocycles. The van der Waals surface area contributed by atoms with Crippen molar-refractivity contribution in [3.05, 3.63) is 30.5 Å². The number of nitrogens with zero attached hydrogens (tertiary/aromatic N) is 1. The minimum absolute atomic E-state index is 0.777. The molecule has 1 aromatic carbocycles. The fourth-order valence-electron chi connectivity index (χ4n) is 2.22. The van der Waals surface area contributed by atoms with E-state index in [2.05, 4.69) is 29.4 Å². The van der Waals surface area contributed by atoms with E-state index in [-0.39, 0.29) is 0 Å². The van der Waals surface area contributed by atoms with Crippen molar-refractivity contribution in [2.75, 3.05) is 31.6 Å². The van der Waals surface area contributed by atoms with Crippen molar-refractivity contribution in [1.29, 1.82) is 0 Å². The van der Waals surface area contributed by atoms with E-state index in [1.165, 1.54) is 11.1 Å². The van der Waals surface area contributed by atoms with Gasteiger partial charge in [0, 0.05) is 38.0 Å². The SMILES string of the molecule is CN(CC1CNC1)c1coc2ccccc12. The van der Waals surface area contributed by atoms with Crippen LogP contribution in [0.25, 0.3) is 11.0 Å². The van der Waals surface area contributed by atoms with E-state index in [4.69, 9.17) is 4.42 Å². The Hall–Kier alpha value is -1.48. The van der Waals surface area contributed by atoms with Gasteiger partial charge < -0.3 is 14.6 Å². The summed E-state index contributed by atoms with van der Waals surface area (Å²) in [5.41, 5.74) is 2.17. The number of rotatable bonds is 3. The van der Waals surface area contributed by atoms with Gasteiger partial charge in [0.2, 0.25) is 0 Å². The van der Waals surface area contributed by atoms with Crippen LogP contribution in [0, 0.1) is 5.92 Å². The van der Waals surface area contributed by atoms with Crippen LogP contribution >= 0.6 is 0 Å². The molecule has 0 unspecified atom stereocenters. The zero-order valence-corrected chi connectivity index (χ0v) is 9.44. The number of fused-ring (bicyclic) bond motifs is 1. The number of hydrogen-bond acceptors (Lipinski definition) is 3. The topological polar surface area (TPSA) is 28.4 Å². The predicted octanol–water partition coefficient (Wildman–Crippen LogP) is 2.09. The third-order valence-corrected chi connectivity index (χ3v) is 3.27. The van der Waals surface area contributed by atoms with Gasteiger partial charge in [0.05, 0.1) is 5.69 Å². The predicted molar refractivity (Wildman–Crippen MR) is 65.8 cm³/mol. The second kappa shape index (κ2) is 3.83. The number of benzene rings is 1. The van der Waals surface area contributed by atoms with Gasteiger partial charge in [0.1, 0.15) is 11.8 Å². The van der Waals surface area contributed by atoms with E-state index < -0.39 is 0 Å². The number of anilines is 1.